The van der Waals surface area contributed by atoms with Gasteiger partial charge in [-0.05, 0) is 30.9 Å². The van der Waals surface area contributed by atoms with Crippen LogP contribution in [-0.4, -0.2) is 40.5 Å². The smallest absolute Gasteiger partial charge is 0.193 e. The molecule has 3 rings (SSSR count). The van der Waals surface area contributed by atoms with Crippen LogP contribution in [0.15, 0.2) is 41.7 Å². The summed E-state index contributed by atoms with van der Waals surface area (Å²) in [5, 5.41) is 3.48. The van der Waals surface area contributed by atoms with Gasteiger partial charge in [-0.2, -0.15) is 0 Å². The van der Waals surface area contributed by atoms with Crippen molar-refractivity contribution in [1.29, 1.82) is 0 Å². The number of hydrogen-bond acceptors (Lipinski definition) is 2. The molecule has 0 aliphatic carbocycles. The number of hydrogen-bond donors (Lipinski definition) is 1. The Balaban J connectivity index is 1.62. The molecule has 0 unspecified atom stereocenters. The molecule has 122 valence electrons. The second-order valence-electron chi connectivity index (χ2n) is 6.02. The summed E-state index contributed by atoms with van der Waals surface area (Å²) in [6.07, 6.45) is 6.40. The standard InChI is InChI=1S/C18H25N5/c1-15-20-8-11-23(15)14-17-7-5-6-16(12-17)13-21-18(19-2)22-9-3-4-10-22/h5-8,11-12H,3-4,9-10,13-14H2,1-2H3,(H,19,21). The van der Waals surface area contributed by atoms with Crippen LogP contribution in [0.2, 0.25) is 0 Å². The van der Waals surface area contributed by atoms with Gasteiger partial charge >= 0.3 is 0 Å². The minimum absolute atomic E-state index is 0.805. The number of nitrogens with one attached hydrogen (secondary N) is 1. The number of guanidine groups is 1. The Bertz CT molecular complexity index is 668. The molecule has 23 heavy (non-hydrogen) atoms. The van der Waals surface area contributed by atoms with Gasteiger partial charge in [0.1, 0.15) is 5.82 Å². The monoisotopic (exact) mass is 311 g/mol. The van der Waals surface area contributed by atoms with Crippen molar-refractivity contribution in [2.24, 2.45) is 4.99 Å². The molecule has 0 radical (unpaired) electrons. The minimum Gasteiger partial charge on any atom is -0.352 e. The molecule has 5 nitrogen and oxygen atoms in total. The van der Waals surface area contributed by atoms with E-state index in [4.69, 9.17) is 0 Å². The third-order valence-corrected chi connectivity index (χ3v) is 4.34. The predicted octanol–water partition coefficient (Wildman–Crippen LogP) is 2.41. The van der Waals surface area contributed by atoms with Crippen molar-refractivity contribution >= 4 is 5.96 Å². The van der Waals surface area contributed by atoms with Gasteiger partial charge in [0.05, 0.1) is 0 Å². The van der Waals surface area contributed by atoms with E-state index in [0.717, 1.165) is 38.0 Å². The van der Waals surface area contributed by atoms with E-state index in [0.29, 0.717) is 0 Å². The van der Waals surface area contributed by atoms with Crippen LogP contribution < -0.4 is 5.32 Å². The van der Waals surface area contributed by atoms with Crippen molar-refractivity contribution in [2.75, 3.05) is 20.1 Å². The summed E-state index contributed by atoms with van der Waals surface area (Å²) in [6.45, 7) is 5.92. The highest BCUT2D eigenvalue weighted by molar-refractivity contribution is 5.80. The molecule has 1 aliphatic rings. The molecule has 1 aliphatic heterocycles. The summed E-state index contributed by atoms with van der Waals surface area (Å²) in [5.74, 6) is 2.06. The summed E-state index contributed by atoms with van der Waals surface area (Å²) in [6, 6.07) is 8.70. The van der Waals surface area contributed by atoms with Gasteiger partial charge in [-0.1, -0.05) is 24.3 Å². The number of benzene rings is 1. The fraction of sp³-hybridized carbons (Fsp3) is 0.444. The van der Waals surface area contributed by atoms with Crippen molar-refractivity contribution in [2.45, 2.75) is 32.9 Å². The number of imidazole rings is 1. The quantitative estimate of drug-likeness (QED) is 0.697. The molecule has 0 saturated carbocycles. The Morgan fingerprint density at radius 2 is 2.04 bits per heavy atom. The second-order valence-corrected chi connectivity index (χ2v) is 6.02. The topological polar surface area (TPSA) is 45.5 Å². The molecule has 2 aromatic rings. The van der Waals surface area contributed by atoms with Crippen molar-refractivity contribution < 1.29 is 0 Å². The first-order valence-corrected chi connectivity index (χ1v) is 8.27. The van der Waals surface area contributed by atoms with Crippen molar-refractivity contribution in [3.05, 3.63) is 53.6 Å². The maximum atomic E-state index is 4.40. The molecule has 5 heteroatoms. The zero-order chi connectivity index (χ0) is 16.1. The molecule has 0 bridgehead atoms. The van der Waals surface area contributed by atoms with Gasteiger partial charge in [0.25, 0.3) is 0 Å². The van der Waals surface area contributed by atoms with Crippen LogP contribution in [0.5, 0.6) is 0 Å². The Morgan fingerprint density at radius 3 is 2.74 bits per heavy atom. The average Bonchev–Trinajstić information content (AvgIpc) is 3.22. The Hall–Kier alpha value is -2.30. The van der Waals surface area contributed by atoms with Gasteiger partial charge in [0.15, 0.2) is 5.96 Å². The van der Waals surface area contributed by atoms with E-state index in [-0.39, 0.29) is 0 Å². The van der Waals surface area contributed by atoms with Gasteiger partial charge in [-0.25, -0.2) is 4.98 Å². The number of nitrogens with zero attached hydrogens (tertiary/aromatic N) is 4. The lowest BCUT2D eigenvalue weighted by molar-refractivity contribution is 0.493. The molecule has 1 aromatic heterocycles. The summed E-state index contributed by atoms with van der Waals surface area (Å²) >= 11 is 0. The summed E-state index contributed by atoms with van der Waals surface area (Å²) < 4.78 is 2.16. The average molecular weight is 311 g/mol. The van der Waals surface area contributed by atoms with Crippen molar-refractivity contribution in [3.63, 3.8) is 0 Å². The predicted molar refractivity (Wildman–Crippen MR) is 93.5 cm³/mol. The number of rotatable bonds is 4. The van der Waals surface area contributed by atoms with Gasteiger partial charge in [-0.3, -0.25) is 4.99 Å². The molecule has 1 N–H and O–H groups in total. The lowest BCUT2D eigenvalue weighted by Gasteiger charge is -2.21. The minimum atomic E-state index is 0.805. The first-order valence-electron chi connectivity index (χ1n) is 8.27. The lowest BCUT2D eigenvalue weighted by Crippen LogP contribution is -2.39. The third kappa shape index (κ3) is 3.92. The molecular weight excluding hydrogens is 286 g/mol. The van der Waals surface area contributed by atoms with Crippen LogP contribution in [0, 0.1) is 6.92 Å². The Labute approximate surface area is 138 Å². The van der Waals surface area contributed by atoms with Gasteiger partial charge in [-0.15, -0.1) is 0 Å². The Morgan fingerprint density at radius 1 is 1.26 bits per heavy atom. The van der Waals surface area contributed by atoms with Crippen LogP contribution in [0.25, 0.3) is 0 Å². The second kappa shape index (κ2) is 7.31. The highest BCUT2D eigenvalue weighted by Gasteiger charge is 2.15. The summed E-state index contributed by atoms with van der Waals surface area (Å²) in [7, 11) is 1.86. The molecule has 1 aromatic carbocycles. The SMILES string of the molecule is CN=C(NCc1cccc(Cn2ccnc2C)c1)N1CCCC1. The molecule has 2 heterocycles. The number of aromatic nitrogens is 2. The zero-order valence-corrected chi connectivity index (χ0v) is 14.0. The van der Waals surface area contributed by atoms with Crippen LogP contribution in [0.3, 0.4) is 0 Å². The number of aliphatic imine (C=N–C) groups is 1. The van der Waals surface area contributed by atoms with E-state index in [1.807, 2.05) is 26.4 Å². The van der Waals surface area contributed by atoms with E-state index < -0.39 is 0 Å². The largest absolute Gasteiger partial charge is 0.352 e. The molecule has 0 amide bonds. The highest BCUT2D eigenvalue weighted by atomic mass is 15.3. The summed E-state index contributed by atoms with van der Waals surface area (Å²) in [4.78, 5) is 11.0. The molecule has 1 saturated heterocycles. The third-order valence-electron chi connectivity index (χ3n) is 4.34. The molecule has 0 atom stereocenters. The van der Waals surface area contributed by atoms with Crippen LogP contribution >= 0.6 is 0 Å². The number of aryl methyl sites for hydroxylation is 1. The van der Waals surface area contributed by atoms with E-state index in [1.54, 1.807) is 0 Å². The van der Waals surface area contributed by atoms with Crippen LogP contribution in [-0.2, 0) is 13.1 Å². The zero-order valence-electron chi connectivity index (χ0n) is 14.0. The fourth-order valence-corrected chi connectivity index (χ4v) is 3.05. The summed E-state index contributed by atoms with van der Waals surface area (Å²) in [5.41, 5.74) is 2.57. The van der Waals surface area contributed by atoms with Crippen molar-refractivity contribution in [3.8, 4) is 0 Å². The molecular formula is C18H25N5. The van der Waals surface area contributed by atoms with Gasteiger partial charge < -0.3 is 14.8 Å². The number of likely N-dealkylation sites (tertiary alicyclic amines) is 1. The van der Waals surface area contributed by atoms with E-state index in [1.165, 1.54) is 24.0 Å². The maximum absolute atomic E-state index is 4.40. The van der Waals surface area contributed by atoms with E-state index in [9.17, 15) is 0 Å². The van der Waals surface area contributed by atoms with Gasteiger partial charge in [0, 0.05) is 45.6 Å². The first kappa shape index (κ1) is 15.6. The highest BCUT2D eigenvalue weighted by Crippen LogP contribution is 2.10. The molecule has 0 spiro atoms. The van der Waals surface area contributed by atoms with Gasteiger partial charge in [0.2, 0.25) is 0 Å². The van der Waals surface area contributed by atoms with Crippen LogP contribution in [0.1, 0.15) is 29.8 Å². The van der Waals surface area contributed by atoms with E-state index in [2.05, 4.69) is 49.0 Å². The van der Waals surface area contributed by atoms with E-state index >= 15 is 0 Å². The van der Waals surface area contributed by atoms with Crippen LogP contribution in [0.4, 0.5) is 0 Å². The maximum Gasteiger partial charge on any atom is 0.193 e. The Kier molecular flexibility index (Phi) is 4.95. The normalized spacial score (nSPS) is 15.2. The first-order chi connectivity index (χ1) is 11.3. The molecule has 1 fully saturated rings. The fourth-order valence-electron chi connectivity index (χ4n) is 3.05. The lowest BCUT2D eigenvalue weighted by atomic mass is 10.1. The van der Waals surface area contributed by atoms with Crippen molar-refractivity contribution in [1.82, 2.24) is 19.8 Å².